The van der Waals surface area contributed by atoms with Crippen LogP contribution in [0.25, 0.3) is 6.08 Å². The number of nitrogens with zero attached hydrogens (tertiary/aromatic N) is 1. The maximum Gasteiger partial charge on any atom is 0.266 e. The number of carbonyl (C=O) groups is 2. The summed E-state index contributed by atoms with van der Waals surface area (Å²) in [5, 5.41) is 12.9. The molecule has 0 aliphatic carbocycles. The Kier molecular flexibility index (Phi) is 7.44. The second-order valence-electron chi connectivity index (χ2n) is 6.43. The van der Waals surface area contributed by atoms with Crippen LogP contribution in [0, 0.1) is 0 Å². The highest BCUT2D eigenvalue weighted by Crippen LogP contribution is 2.33. The Morgan fingerprint density at radius 1 is 1.21 bits per heavy atom. The average molecular weight is 447 g/mol. The van der Waals surface area contributed by atoms with Crippen molar-refractivity contribution in [3.63, 3.8) is 0 Å². The topological polar surface area (TPSA) is 69.6 Å². The third-order valence-electron chi connectivity index (χ3n) is 4.28. The normalized spacial score (nSPS) is 16.3. The van der Waals surface area contributed by atoms with E-state index < -0.39 is 6.04 Å². The van der Waals surface area contributed by atoms with Crippen molar-refractivity contribution in [2.75, 3.05) is 13.2 Å². The molecule has 0 saturated carbocycles. The van der Waals surface area contributed by atoms with Gasteiger partial charge in [0.25, 0.3) is 5.91 Å². The van der Waals surface area contributed by atoms with E-state index in [1.807, 2.05) is 42.5 Å². The molecule has 2 amide bonds. The molecule has 1 atom stereocenters. The summed E-state index contributed by atoms with van der Waals surface area (Å²) in [5.74, 6) is -0.714. The highest BCUT2D eigenvalue weighted by Gasteiger charge is 2.33. The number of hydrogen-bond acceptors (Lipinski definition) is 5. The van der Waals surface area contributed by atoms with Gasteiger partial charge >= 0.3 is 0 Å². The van der Waals surface area contributed by atoms with Crippen molar-refractivity contribution in [3.8, 4) is 0 Å². The smallest absolute Gasteiger partial charge is 0.266 e. The van der Waals surface area contributed by atoms with Crippen LogP contribution >= 0.6 is 35.6 Å². The molecule has 0 aromatic heterocycles. The van der Waals surface area contributed by atoms with Crippen molar-refractivity contribution in [3.05, 3.63) is 75.7 Å². The number of rotatable bonds is 7. The van der Waals surface area contributed by atoms with Gasteiger partial charge in [-0.2, -0.15) is 0 Å². The third-order valence-corrected chi connectivity index (χ3v) is 6.00. The van der Waals surface area contributed by atoms with Crippen LogP contribution in [0.3, 0.4) is 0 Å². The number of aliphatic hydroxyl groups excluding tert-OH is 1. The summed E-state index contributed by atoms with van der Waals surface area (Å²) in [6.07, 6.45) is 2.17. The number of thioether (sulfide) groups is 1. The van der Waals surface area contributed by atoms with Crippen LogP contribution in [-0.4, -0.2) is 45.3 Å². The van der Waals surface area contributed by atoms with Gasteiger partial charge in [-0.25, -0.2) is 0 Å². The minimum absolute atomic E-state index is 0.199. The Hall–Kier alpha value is -2.19. The lowest BCUT2D eigenvalue weighted by atomic mass is 10.1. The second kappa shape index (κ2) is 10.0. The molecule has 2 aromatic rings. The lowest BCUT2D eigenvalue weighted by molar-refractivity contribution is -0.129. The zero-order chi connectivity index (χ0) is 20.8. The molecular weight excluding hydrogens is 428 g/mol. The Bertz CT molecular complexity index is 950. The largest absolute Gasteiger partial charge is 0.394 e. The van der Waals surface area contributed by atoms with Gasteiger partial charge in [0.05, 0.1) is 17.6 Å². The summed E-state index contributed by atoms with van der Waals surface area (Å²) in [6, 6.07) is 16.3. The molecule has 0 radical (unpaired) electrons. The molecule has 1 fully saturated rings. The van der Waals surface area contributed by atoms with Gasteiger partial charge in [-0.3, -0.25) is 14.5 Å². The van der Waals surface area contributed by atoms with Gasteiger partial charge in [-0.1, -0.05) is 84.1 Å². The first-order chi connectivity index (χ1) is 14.0. The van der Waals surface area contributed by atoms with Crippen molar-refractivity contribution in [1.82, 2.24) is 10.2 Å². The lowest BCUT2D eigenvalue weighted by Crippen LogP contribution is -2.45. The standard InChI is InChI=1S/C21H19ClN2O3S2/c22-17-9-5-4-8-15(17)11-18-20(27)24(21(28)29-18)12-19(26)23-16(13-25)10-14-6-2-1-3-7-14/h1-9,11,16,25H,10,12-13H2,(H,23,26)/b18-11+/t16-/m1/s1. The highest BCUT2D eigenvalue weighted by atomic mass is 35.5. The van der Waals surface area contributed by atoms with Gasteiger partial charge in [0.1, 0.15) is 10.9 Å². The summed E-state index contributed by atoms with van der Waals surface area (Å²) in [4.78, 5) is 26.8. The number of benzene rings is 2. The minimum atomic E-state index is -0.443. The molecule has 1 aliphatic rings. The van der Waals surface area contributed by atoms with Crippen LogP contribution in [0.4, 0.5) is 0 Å². The number of nitrogens with one attached hydrogen (secondary N) is 1. The Morgan fingerprint density at radius 3 is 2.59 bits per heavy atom. The van der Waals surface area contributed by atoms with Crippen molar-refractivity contribution >= 4 is 57.8 Å². The maximum absolute atomic E-state index is 12.7. The Labute approximate surface area is 183 Å². The fourth-order valence-electron chi connectivity index (χ4n) is 2.85. The molecule has 0 spiro atoms. The molecule has 29 heavy (non-hydrogen) atoms. The molecule has 2 aromatic carbocycles. The van der Waals surface area contributed by atoms with Gasteiger partial charge in [0.15, 0.2) is 0 Å². The number of halogens is 1. The molecule has 1 aliphatic heterocycles. The highest BCUT2D eigenvalue weighted by molar-refractivity contribution is 8.26. The van der Waals surface area contributed by atoms with E-state index in [2.05, 4.69) is 5.32 Å². The molecule has 1 heterocycles. The van der Waals surface area contributed by atoms with E-state index in [0.29, 0.717) is 26.2 Å². The molecule has 150 valence electrons. The first-order valence-electron chi connectivity index (χ1n) is 8.92. The molecule has 5 nitrogen and oxygen atoms in total. The van der Waals surface area contributed by atoms with Crippen LogP contribution < -0.4 is 5.32 Å². The van der Waals surface area contributed by atoms with Crippen molar-refractivity contribution in [2.45, 2.75) is 12.5 Å². The SMILES string of the molecule is O=C(CN1C(=O)/C(=C\c2ccccc2Cl)SC1=S)N[C@@H](CO)Cc1ccccc1. The number of hydrogen-bond donors (Lipinski definition) is 2. The van der Waals surface area contributed by atoms with E-state index in [0.717, 1.165) is 17.3 Å². The number of amides is 2. The second-order valence-corrected chi connectivity index (χ2v) is 8.51. The number of carbonyl (C=O) groups excluding carboxylic acids is 2. The molecule has 0 bridgehead atoms. The number of aliphatic hydroxyl groups is 1. The van der Waals surface area contributed by atoms with Crippen molar-refractivity contribution in [1.29, 1.82) is 0 Å². The molecule has 0 unspecified atom stereocenters. The van der Waals surface area contributed by atoms with Gasteiger partial charge in [-0.05, 0) is 29.7 Å². The molecular formula is C21H19ClN2O3S2. The zero-order valence-electron chi connectivity index (χ0n) is 15.4. The first-order valence-corrected chi connectivity index (χ1v) is 10.5. The van der Waals surface area contributed by atoms with Gasteiger partial charge in [-0.15, -0.1) is 0 Å². The van der Waals surface area contributed by atoms with E-state index >= 15 is 0 Å². The van der Waals surface area contributed by atoms with Crippen LogP contribution in [0.5, 0.6) is 0 Å². The monoisotopic (exact) mass is 446 g/mol. The van der Waals surface area contributed by atoms with Crippen molar-refractivity contribution in [2.24, 2.45) is 0 Å². The maximum atomic E-state index is 12.7. The summed E-state index contributed by atoms with van der Waals surface area (Å²) < 4.78 is 0.312. The third kappa shape index (κ3) is 5.67. The van der Waals surface area contributed by atoms with Gasteiger partial charge in [0, 0.05) is 5.02 Å². The zero-order valence-corrected chi connectivity index (χ0v) is 17.8. The number of thiocarbonyl (C=S) groups is 1. The molecule has 1 saturated heterocycles. The first kappa shape index (κ1) is 21.5. The van der Waals surface area contributed by atoms with E-state index in [1.165, 1.54) is 4.90 Å². The quantitative estimate of drug-likeness (QED) is 0.504. The summed E-state index contributed by atoms with van der Waals surface area (Å²) in [5.41, 5.74) is 1.71. The minimum Gasteiger partial charge on any atom is -0.394 e. The summed E-state index contributed by atoms with van der Waals surface area (Å²) >= 11 is 12.6. The van der Waals surface area contributed by atoms with E-state index in [-0.39, 0.29) is 25.0 Å². The van der Waals surface area contributed by atoms with E-state index in [1.54, 1.807) is 18.2 Å². The van der Waals surface area contributed by atoms with Gasteiger partial charge < -0.3 is 10.4 Å². The van der Waals surface area contributed by atoms with Crippen LogP contribution in [0.1, 0.15) is 11.1 Å². The average Bonchev–Trinajstić information content (AvgIpc) is 2.97. The van der Waals surface area contributed by atoms with Crippen LogP contribution in [0.2, 0.25) is 5.02 Å². The predicted octanol–water partition coefficient (Wildman–Crippen LogP) is 3.26. The summed E-state index contributed by atoms with van der Waals surface area (Å²) in [6.45, 7) is -0.402. The van der Waals surface area contributed by atoms with Gasteiger partial charge in [0.2, 0.25) is 5.91 Å². The molecule has 8 heteroatoms. The van der Waals surface area contributed by atoms with Crippen molar-refractivity contribution < 1.29 is 14.7 Å². The van der Waals surface area contributed by atoms with E-state index in [4.69, 9.17) is 23.8 Å². The Balaban J connectivity index is 1.63. The predicted molar refractivity (Wildman–Crippen MR) is 120 cm³/mol. The molecule has 2 N–H and O–H groups in total. The van der Waals surface area contributed by atoms with Crippen LogP contribution in [-0.2, 0) is 16.0 Å². The molecule has 3 rings (SSSR count). The van der Waals surface area contributed by atoms with Crippen LogP contribution in [0.15, 0.2) is 59.5 Å². The fraction of sp³-hybridized carbons (Fsp3) is 0.190. The van der Waals surface area contributed by atoms with E-state index in [9.17, 15) is 14.7 Å². The Morgan fingerprint density at radius 2 is 1.90 bits per heavy atom. The lowest BCUT2D eigenvalue weighted by Gasteiger charge is -2.19. The fourth-order valence-corrected chi connectivity index (χ4v) is 4.28. The summed E-state index contributed by atoms with van der Waals surface area (Å²) in [7, 11) is 0.